The number of aromatic nitrogens is 2. The molecule has 3 aromatic rings. The molecule has 1 aromatic heterocycles. The van der Waals surface area contributed by atoms with Gasteiger partial charge >= 0.3 is 0 Å². The highest BCUT2D eigenvalue weighted by Crippen LogP contribution is 2.26. The number of hydrogen-bond acceptors (Lipinski definition) is 6. The molecule has 7 nitrogen and oxygen atoms in total. The van der Waals surface area contributed by atoms with Crippen molar-refractivity contribution in [1.82, 2.24) is 10.3 Å². The van der Waals surface area contributed by atoms with E-state index in [2.05, 4.69) is 22.6 Å². The second kappa shape index (κ2) is 9.68. The fourth-order valence-electron chi connectivity index (χ4n) is 2.49. The topological polar surface area (TPSA) is 86.5 Å². The van der Waals surface area contributed by atoms with Crippen LogP contribution in [-0.2, 0) is 4.79 Å². The molecule has 152 valence electrons. The molecule has 0 saturated heterocycles. The summed E-state index contributed by atoms with van der Waals surface area (Å²) in [5.41, 5.74) is 1.11. The molecule has 0 saturated carbocycles. The molecule has 0 aliphatic carbocycles. The normalized spacial score (nSPS) is 11.7. The van der Waals surface area contributed by atoms with Gasteiger partial charge in [0.2, 0.25) is 5.82 Å². The van der Waals surface area contributed by atoms with Crippen LogP contribution in [0.5, 0.6) is 11.5 Å². The Labute approximate surface area is 167 Å². The molecule has 1 atom stereocenters. The van der Waals surface area contributed by atoms with Crippen LogP contribution < -0.4 is 14.8 Å². The van der Waals surface area contributed by atoms with Crippen LogP contribution in [0.3, 0.4) is 0 Å². The molecular weight excluding hydrogens is 377 g/mol. The van der Waals surface area contributed by atoms with E-state index in [1.54, 1.807) is 6.92 Å². The molecule has 0 radical (unpaired) electrons. The minimum Gasteiger partial charge on any atom is -0.494 e. The van der Waals surface area contributed by atoms with E-state index in [1.165, 1.54) is 24.3 Å². The van der Waals surface area contributed by atoms with Crippen molar-refractivity contribution >= 4 is 11.7 Å². The van der Waals surface area contributed by atoms with E-state index in [9.17, 15) is 9.18 Å². The summed E-state index contributed by atoms with van der Waals surface area (Å²) in [4.78, 5) is 12.4. The Balaban J connectivity index is 1.63. The van der Waals surface area contributed by atoms with Gasteiger partial charge in [-0.3, -0.25) is 4.79 Å². The second-order valence-electron chi connectivity index (χ2n) is 6.39. The van der Waals surface area contributed by atoms with E-state index >= 15 is 0 Å². The number of hydrogen-bond donors (Lipinski definition) is 1. The third-order valence-electron chi connectivity index (χ3n) is 4.12. The first-order chi connectivity index (χ1) is 14.1. The first kappa shape index (κ1) is 20.3. The predicted octanol–water partition coefficient (Wildman–Crippen LogP) is 4.46. The highest BCUT2D eigenvalue weighted by molar-refractivity contribution is 5.95. The van der Waals surface area contributed by atoms with Gasteiger partial charge in [0.25, 0.3) is 5.91 Å². The number of unbranched alkanes of at least 4 members (excludes halogenated alkanes) is 1. The van der Waals surface area contributed by atoms with Crippen LogP contribution in [0, 0.1) is 5.82 Å². The fraction of sp³-hybridized carbons (Fsp3) is 0.286. The second-order valence-corrected chi connectivity index (χ2v) is 6.39. The third-order valence-corrected chi connectivity index (χ3v) is 4.12. The van der Waals surface area contributed by atoms with Crippen LogP contribution in [0.2, 0.25) is 0 Å². The van der Waals surface area contributed by atoms with E-state index in [0.717, 1.165) is 24.2 Å². The average molecular weight is 399 g/mol. The highest BCUT2D eigenvalue weighted by Gasteiger charge is 2.20. The van der Waals surface area contributed by atoms with Crippen LogP contribution in [0.1, 0.15) is 26.7 Å². The van der Waals surface area contributed by atoms with Crippen molar-refractivity contribution in [2.75, 3.05) is 11.9 Å². The van der Waals surface area contributed by atoms with Crippen molar-refractivity contribution in [2.45, 2.75) is 32.8 Å². The number of nitrogens with one attached hydrogen (secondary N) is 1. The number of anilines is 1. The minimum atomic E-state index is -0.834. The molecule has 1 N–H and O–H groups in total. The zero-order valence-electron chi connectivity index (χ0n) is 16.2. The fourth-order valence-corrected chi connectivity index (χ4v) is 2.49. The maximum absolute atomic E-state index is 13.0. The Morgan fingerprint density at radius 3 is 2.48 bits per heavy atom. The van der Waals surface area contributed by atoms with E-state index in [0.29, 0.717) is 18.1 Å². The first-order valence-electron chi connectivity index (χ1n) is 9.35. The van der Waals surface area contributed by atoms with Crippen molar-refractivity contribution in [3.63, 3.8) is 0 Å². The molecule has 8 heteroatoms. The smallest absolute Gasteiger partial charge is 0.266 e. The van der Waals surface area contributed by atoms with Crippen molar-refractivity contribution in [3.05, 3.63) is 54.3 Å². The zero-order chi connectivity index (χ0) is 20.6. The SMILES string of the molecule is CCCCOc1ccc(-c2nonc2NC(=O)[C@@H](C)Oc2ccc(F)cc2)cc1. The lowest BCUT2D eigenvalue weighted by Gasteiger charge is -2.13. The summed E-state index contributed by atoms with van der Waals surface area (Å²) in [5, 5.41) is 10.3. The first-order valence-corrected chi connectivity index (χ1v) is 9.35. The summed E-state index contributed by atoms with van der Waals surface area (Å²) in [6, 6.07) is 12.7. The number of ether oxygens (including phenoxy) is 2. The van der Waals surface area contributed by atoms with Crippen molar-refractivity contribution in [2.24, 2.45) is 0 Å². The molecule has 1 heterocycles. The van der Waals surface area contributed by atoms with Gasteiger partial charge in [-0.15, -0.1) is 0 Å². The van der Waals surface area contributed by atoms with Crippen LogP contribution in [0.25, 0.3) is 11.3 Å². The molecule has 0 unspecified atom stereocenters. The van der Waals surface area contributed by atoms with Crippen molar-refractivity contribution in [3.8, 4) is 22.8 Å². The standard InChI is InChI=1S/C21H22FN3O4/c1-3-4-13-27-17-9-5-15(6-10-17)19-20(25-29-24-19)23-21(26)14(2)28-18-11-7-16(22)8-12-18/h5-12,14H,3-4,13H2,1-2H3,(H,23,25,26)/t14-/m1/s1. The van der Waals surface area contributed by atoms with Gasteiger partial charge in [-0.05, 0) is 72.2 Å². The Morgan fingerprint density at radius 2 is 1.79 bits per heavy atom. The van der Waals surface area contributed by atoms with Gasteiger partial charge in [-0.1, -0.05) is 13.3 Å². The predicted molar refractivity (Wildman–Crippen MR) is 105 cm³/mol. The molecule has 0 fully saturated rings. The van der Waals surface area contributed by atoms with Gasteiger partial charge in [0, 0.05) is 5.56 Å². The Morgan fingerprint density at radius 1 is 1.10 bits per heavy atom. The number of halogens is 1. The summed E-state index contributed by atoms with van der Waals surface area (Å²) < 4.78 is 28.9. The number of amides is 1. The van der Waals surface area contributed by atoms with Gasteiger partial charge < -0.3 is 14.8 Å². The van der Waals surface area contributed by atoms with E-state index in [1.807, 2.05) is 24.3 Å². The van der Waals surface area contributed by atoms with Crippen LogP contribution in [0.4, 0.5) is 10.2 Å². The molecular formula is C21H22FN3O4. The van der Waals surface area contributed by atoms with Gasteiger partial charge in [-0.25, -0.2) is 9.02 Å². The number of carbonyl (C=O) groups excluding carboxylic acids is 1. The summed E-state index contributed by atoms with van der Waals surface area (Å²) in [6.45, 7) is 4.34. The quantitative estimate of drug-likeness (QED) is 0.535. The summed E-state index contributed by atoms with van der Waals surface area (Å²) in [7, 11) is 0. The molecule has 0 aliphatic rings. The highest BCUT2D eigenvalue weighted by atomic mass is 19.1. The minimum absolute atomic E-state index is 0.184. The summed E-state index contributed by atoms with van der Waals surface area (Å²) in [6.07, 6.45) is 1.22. The van der Waals surface area contributed by atoms with Crippen LogP contribution in [0.15, 0.2) is 53.2 Å². The molecule has 0 spiro atoms. The third kappa shape index (κ3) is 5.54. The maximum Gasteiger partial charge on any atom is 0.266 e. The molecule has 2 aromatic carbocycles. The van der Waals surface area contributed by atoms with Gasteiger partial charge in [0.15, 0.2) is 11.8 Å². The van der Waals surface area contributed by atoms with Gasteiger partial charge in [-0.2, -0.15) is 0 Å². The molecule has 1 amide bonds. The van der Waals surface area contributed by atoms with E-state index in [-0.39, 0.29) is 11.6 Å². The molecule has 0 aliphatic heterocycles. The number of carbonyl (C=O) groups is 1. The average Bonchev–Trinajstić information content (AvgIpc) is 3.18. The lowest BCUT2D eigenvalue weighted by atomic mass is 10.1. The Bertz CT molecular complexity index is 926. The van der Waals surface area contributed by atoms with Crippen molar-refractivity contribution < 1.29 is 23.3 Å². The Kier molecular flexibility index (Phi) is 6.78. The maximum atomic E-state index is 13.0. The molecule has 0 bridgehead atoms. The molecule has 29 heavy (non-hydrogen) atoms. The summed E-state index contributed by atoms with van der Waals surface area (Å²) >= 11 is 0. The van der Waals surface area contributed by atoms with Crippen molar-refractivity contribution in [1.29, 1.82) is 0 Å². The van der Waals surface area contributed by atoms with E-state index < -0.39 is 12.0 Å². The summed E-state index contributed by atoms with van der Waals surface area (Å²) in [5.74, 6) is 0.501. The monoisotopic (exact) mass is 399 g/mol. The van der Waals surface area contributed by atoms with Gasteiger partial charge in [0.05, 0.1) is 6.61 Å². The van der Waals surface area contributed by atoms with Crippen LogP contribution >= 0.6 is 0 Å². The molecule has 3 rings (SSSR count). The number of nitrogens with zero attached hydrogens (tertiary/aromatic N) is 2. The Hall–Kier alpha value is -3.42. The van der Waals surface area contributed by atoms with Gasteiger partial charge in [0.1, 0.15) is 17.3 Å². The lowest BCUT2D eigenvalue weighted by molar-refractivity contribution is -0.122. The zero-order valence-corrected chi connectivity index (χ0v) is 16.2. The lowest BCUT2D eigenvalue weighted by Crippen LogP contribution is -2.30. The van der Waals surface area contributed by atoms with E-state index in [4.69, 9.17) is 14.1 Å². The largest absolute Gasteiger partial charge is 0.494 e. The number of rotatable bonds is 9. The number of benzene rings is 2. The van der Waals surface area contributed by atoms with Crippen LogP contribution in [-0.4, -0.2) is 28.9 Å².